The second-order valence-electron chi connectivity index (χ2n) is 6.58. The number of nitrogens with one attached hydrogen (secondary N) is 2. The Morgan fingerprint density at radius 2 is 1.45 bits per heavy atom. The number of amides is 1. The predicted octanol–water partition coefficient (Wildman–Crippen LogP) is 5.45. The van der Waals surface area contributed by atoms with Gasteiger partial charge in [-0.2, -0.15) is 0 Å². The second kappa shape index (κ2) is 8.35. The smallest absolute Gasteiger partial charge is 0.255 e. The van der Waals surface area contributed by atoms with Crippen molar-refractivity contribution in [1.29, 1.82) is 0 Å². The standard InChI is InChI=1S/C24H20N4O/c1-17-25-22(18-9-4-2-5-10-18)16-23(26-17)27-21-14-8-11-19(15-21)24(29)28-20-12-6-3-7-13-20/h2-16H,1H3,(H,28,29)(H,25,26,27). The van der Waals surface area contributed by atoms with E-state index in [-0.39, 0.29) is 5.91 Å². The van der Waals surface area contributed by atoms with Crippen molar-refractivity contribution in [3.63, 3.8) is 0 Å². The Hall–Kier alpha value is -3.99. The summed E-state index contributed by atoms with van der Waals surface area (Å²) < 4.78 is 0. The first-order valence-electron chi connectivity index (χ1n) is 9.32. The third kappa shape index (κ3) is 4.65. The molecule has 3 aromatic carbocycles. The van der Waals surface area contributed by atoms with Crippen LogP contribution in [0.25, 0.3) is 11.3 Å². The van der Waals surface area contributed by atoms with Crippen LogP contribution in [0.3, 0.4) is 0 Å². The molecular formula is C24H20N4O. The van der Waals surface area contributed by atoms with E-state index in [1.54, 1.807) is 12.1 Å². The van der Waals surface area contributed by atoms with Gasteiger partial charge in [-0.05, 0) is 37.3 Å². The van der Waals surface area contributed by atoms with Gasteiger partial charge in [-0.25, -0.2) is 9.97 Å². The van der Waals surface area contributed by atoms with E-state index >= 15 is 0 Å². The number of aryl methyl sites for hydroxylation is 1. The summed E-state index contributed by atoms with van der Waals surface area (Å²) in [5, 5.41) is 6.18. The van der Waals surface area contributed by atoms with Crippen LogP contribution in [-0.2, 0) is 0 Å². The molecule has 0 aliphatic heterocycles. The molecule has 5 nitrogen and oxygen atoms in total. The van der Waals surface area contributed by atoms with Crippen molar-refractivity contribution in [3.05, 3.63) is 102 Å². The molecule has 0 fully saturated rings. The first-order chi connectivity index (χ1) is 14.2. The number of rotatable bonds is 5. The SMILES string of the molecule is Cc1nc(Nc2cccc(C(=O)Nc3ccccc3)c2)cc(-c2ccccc2)n1. The van der Waals surface area contributed by atoms with Crippen LogP contribution in [-0.4, -0.2) is 15.9 Å². The molecule has 0 saturated carbocycles. The highest BCUT2D eigenvalue weighted by Crippen LogP contribution is 2.22. The minimum atomic E-state index is -0.163. The summed E-state index contributed by atoms with van der Waals surface area (Å²) in [5.41, 5.74) is 3.97. The van der Waals surface area contributed by atoms with Gasteiger partial charge in [0.15, 0.2) is 0 Å². The van der Waals surface area contributed by atoms with Crippen molar-refractivity contribution in [2.45, 2.75) is 6.92 Å². The van der Waals surface area contributed by atoms with Gasteiger partial charge in [-0.15, -0.1) is 0 Å². The van der Waals surface area contributed by atoms with E-state index in [4.69, 9.17) is 0 Å². The molecule has 0 aliphatic carbocycles. The zero-order valence-electron chi connectivity index (χ0n) is 16.0. The van der Waals surface area contributed by atoms with Crippen molar-refractivity contribution in [1.82, 2.24) is 9.97 Å². The Labute approximate surface area is 169 Å². The first kappa shape index (κ1) is 18.4. The van der Waals surface area contributed by atoms with E-state index in [0.717, 1.165) is 22.6 Å². The van der Waals surface area contributed by atoms with Crippen LogP contribution < -0.4 is 10.6 Å². The molecule has 5 heteroatoms. The van der Waals surface area contributed by atoms with Crippen LogP contribution in [0.5, 0.6) is 0 Å². The second-order valence-corrected chi connectivity index (χ2v) is 6.58. The first-order valence-corrected chi connectivity index (χ1v) is 9.32. The lowest BCUT2D eigenvalue weighted by Crippen LogP contribution is -2.12. The Morgan fingerprint density at radius 3 is 2.21 bits per heavy atom. The molecule has 29 heavy (non-hydrogen) atoms. The molecule has 0 bridgehead atoms. The number of benzene rings is 3. The monoisotopic (exact) mass is 380 g/mol. The number of aromatic nitrogens is 2. The normalized spacial score (nSPS) is 10.4. The molecule has 1 heterocycles. The number of carbonyl (C=O) groups excluding carboxylic acids is 1. The molecule has 4 rings (SSSR count). The number of hydrogen-bond donors (Lipinski definition) is 2. The van der Waals surface area contributed by atoms with E-state index < -0.39 is 0 Å². The fraction of sp³-hybridized carbons (Fsp3) is 0.0417. The molecular weight excluding hydrogens is 360 g/mol. The van der Waals surface area contributed by atoms with Crippen LogP contribution in [0.15, 0.2) is 91.0 Å². The van der Waals surface area contributed by atoms with Gasteiger partial charge in [0.1, 0.15) is 11.6 Å². The van der Waals surface area contributed by atoms with Gasteiger partial charge in [0.25, 0.3) is 5.91 Å². The quantitative estimate of drug-likeness (QED) is 0.483. The van der Waals surface area contributed by atoms with Gasteiger partial charge in [0.2, 0.25) is 0 Å². The summed E-state index contributed by atoms with van der Waals surface area (Å²) in [6.07, 6.45) is 0. The van der Waals surface area contributed by atoms with Gasteiger partial charge in [-0.3, -0.25) is 4.79 Å². The van der Waals surface area contributed by atoms with Gasteiger partial charge in [0.05, 0.1) is 5.69 Å². The lowest BCUT2D eigenvalue weighted by Gasteiger charge is -2.10. The number of para-hydroxylation sites is 1. The number of anilines is 3. The fourth-order valence-corrected chi connectivity index (χ4v) is 3.00. The summed E-state index contributed by atoms with van der Waals surface area (Å²) in [6, 6.07) is 28.6. The minimum Gasteiger partial charge on any atom is -0.340 e. The molecule has 0 spiro atoms. The van der Waals surface area contributed by atoms with Crippen LogP contribution in [0.1, 0.15) is 16.2 Å². The Morgan fingerprint density at radius 1 is 0.759 bits per heavy atom. The highest BCUT2D eigenvalue weighted by molar-refractivity contribution is 6.04. The summed E-state index contributed by atoms with van der Waals surface area (Å²) in [7, 11) is 0. The van der Waals surface area contributed by atoms with Crippen molar-refractivity contribution >= 4 is 23.1 Å². The highest BCUT2D eigenvalue weighted by atomic mass is 16.1. The molecule has 1 aromatic heterocycles. The minimum absolute atomic E-state index is 0.163. The number of hydrogen-bond acceptors (Lipinski definition) is 4. The average molecular weight is 380 g/mol. The lowest BCUT2D eigenvalue weighted by molar-refractivity contribution is 0.102. The summed E-state index contributed by atoms with van der Waals surface area (Å²) in [6.45, 7) is 1.86. The van der Waals surface area contributed by atoms with E-state index in [2.05, 4.69) is 20.6 Å². The van der Waals surface area contributed by atoms with Crippen molar-refractivity contribution in [3.8, 4) is 11.3 Å². The van der Waals surface area contributed by atoms with E-state index in [1.807, 2.05) is 85.8 Å². The third-order valence-electron chi connectivity index (χ3n) is 4.34. The van der Waals surface area contributed by atoms with Gasteiger partial charge in [-0.1, -0.05) is 54.6 Å². The fourth-order valence-electron chi connectivity index (χ4n) is 3.00. The summed E-state index contributed by atoms with van der Waals surface area (Å²) >= 11 is 0. The average Bonchev–Trinajstić information content (AvgIpc) is 2.75. The molecule has 142 valence electrons. The molecule has 4 aromatic rings. The maximum absolute atomic E-state index is 12.5. The lowest BCUT2D eigenvalue weighted by atomic mass is 10.1. The summed E-state index contributed by atoms with van der Waals surface area (Å²) in [4.78, 5) is 21.5. The maximum atomic E-state index is 12.5. The predicted molar refractivity (Wildman–Crippen MR) is 116 cm³/mol. The van der Waals surface area contributed by atoms with Crippen molar-refractivity contribution in [2.24, 2.45) is 0 Å². The van der Waals surface area contributed by atoms with Crippen molar-refractivity contribution < 1.29 is 4.79 Å². The molecule has 0 aliphatic rings. The summed E-state index contributed by atoms with van der Waals surface area (Å²) in [5.74, 6) is 1.19. The topological polar surface area (TPSA) is 66.9 Å². The molecule has 0 saturated heterocycles. The number of nitrogens with zero attached hydrogens (tertiary/aromatic N) is 2. The zero-order chi connectivity index (χ0) is 20.1. The van der Waals surface area contributed by atoms with Crippen LogP contribution in [0, 0.1) is 6.92 Å². The maximum Gasteiger partial charge on any atom is 0.255 e. The van der Waals surface area contributed by atoms with Crippen molar-refractivity contribution in [2.75, 3.05) is 10.6 Å². The third-order valence-corrected chi connectivity index (χ3v) is 4.34. The molecule has 1 amide bonds. The Kier molecular flexibility index (Phi) is 5.29. The number of carbonyl (C=O) groups is 1. The zero-order valence-corrected chi connectivity index (χ0v) is 16.0. The van der Waals surface area contributed by atoms with Crippen LogP contribution in [0.2, 0.25) is 0 Å². The molecule has 0 unspecified atom stereocenters. The van der Waals surface area contributed by atoms with Gasteiger partial charge >= 0.3 is 0 Å². The molecule has 2 N–H and O–H groups in total. The van der Waals surface area contributed by atoms with Crippen LogP contribution >= 0.6 is 0 Å². The van der Waals surface area contributed by atoms with E-state index in [0.29, 0.717) is 17.2 Å². The van der Waals surface area contributed by atoms with Gasteiger partial charge < -0.3 is 10.6 Å². The van der Waals surface area contributed by atoms with E-state index in [9.17, 15) is 4.79 Å². The largest absolute Gasteiger partial charge is 0.340 e. The Balaban J connectivity index is 1.55. The van der Waals surface area contributed by atoms with E-state index in [1.165, 1.54) is 0 Å². The van der Waals surface area contributed by atoms with Crippen LogP contribution in [0.4, 0.5) is 17.2 Å². The highest BCUT2D eigenvalue weighted by Gasteiger charge is 2.09. The molecule has 0 radical (unpaired) electrons. The Bertz CT molecular complexity index is 1130. The molecule has 0 atom stereocenters. The van der Waals surface area contributed by atoms with Gasteiger partial charge in [0, 0.05) is 28.6 Å².